The van der Waals surface area contributed by atoms with Gasteiger partial charge in [-0.25, -0.2) is 9.59 Å². The molecule has 0 saturated carbocycles. The zero-order chi connectivity index (χ0) is 8.31. The molecule has 64 valence electrons. The van der Waals surface area contributed by atoms with Crippen molar-refractivity contribution >= 4 is 11.9 Å². The van der Waals surface area contributed by atoms with E-state index in [1.807, 2.05) is 0 Å². The van der Waals surface area contributed by atoms with E-state index in [4.69, 9.17) is 20.4 Å². The van der Waals surface area contributed by atoms with E-state index in [9.17, 15) is 9.59 Å². The third-order valence-corrected chi connectivity index (χ3v) is 0.805. The second-order valence-corrected chi connectivity index (χ2v) is 1.57. The van der Waals surface area contributed by atoms with Gasteiger partial charge < -0.3 is 21.9 Å². The van der Waals surface area contributed by atoms with E-state index in [2.05, 4.69) is 0 Å². The molecule has 0 aromatic heterocycles. The van der Waals surface area contributed by atoms with Gasteiger partial charge in [0.25, 0.3) is 0 Å². The van der Waals surface area contributed by atoms with Crippen LogP contribution in [0.15, 0.2) is 0 Å². The van der Waals surface area contributed by atoms with Crippen LogP contribution in [0.25, 0.3) is 0 Å². The number of aliphatic hydroxyl groups excluding tert-OH is 2. The molecule has 2 unspecified atom stereocenters. The number of hydrogen-bond acceptors (Lipinski definition) is 4. The van der Waals surface area contributed by atoms with Crippen LogP contribution < -0.4 is 51.4 Å². The van der Waals surface area contributed by atoms with Crippen molar-refractivity contribution in [2.24, 2.45) is 0 Å². The van der Waals surface area contributed by atoms with Gasteiger partial charge in [0.2, 0.25) is 0 Å². The molecule has 0 aliphatic heterocycles. The predicted octanol–water partition coefficient (Wildman–Crippen LogP) is -5.01. The molecule has 4 N–H and O–H groups in total. The molecule has 0 radical (unpaired) electrons. The first kappa shape index (κ1) is 19.0. The molecule has 0 bridgehead atoms. The van der Waals surface area contributed by atoms with Gasteiger partial charge >= 0.3 is 63.3 Å². The average molecular weight is 281 g/mol. The van der Waals surface area contributed by atoms with Crippen LogP contribution in [-0.2, 0) is 35.8 Å². The Balaban J connectivity index is -0.000000135. The van der Waals surface area contributed by atoms with Crippen LogP contribution in [-0.4, -0.2) is 44.6 Å². The number of aliphatic hydroxyl groups is 2. The third kappa shape index (κ3) is 6.85. The topological polar surface area (TPSA) is 115 Å². The molecular weight excluding hydrogens is 274 g/mol. The zero-order valence-corrected chi connectivity index (χ0v) is 11.8. The van der Waals surface area contributed by atoms with Crippen LogP contribution in [0.2, 0.25) is 0 Å². The first-order valence-electron chi connectivity index (χ1n) is 2.28. The Morgan fingerprint density at radius 1 is 1.00 bits per heavy atom. The van der Waals surface area contributed by atoms with Crippen LogP contribution in [0.1, 0.15) is 1.43 Å². The number of hydrogen-bond donors (Lipinski definition) is 4. The molecule has 0 heterocycles. The Morgan fingerprint density at radius 2 is 1.17 bits per heavy atom. The Hall–Kier alpha value is 1.38. The monoisotopic (exact) mass is 280 g/mol. The van der Waals surface area contributed by atoms with E-state index >= 15 is 0 Å². The molecule has 0 aromatic rings. The summed E-state index contributed by atoms with van der Waals surface area (Å²) in [5, 5.41) is 32.5. The van der Waals surface area contributed by atoms with Gasteiger partial charge in [-0.1, -0.05) is 0 Å². The van der Waals surface area contributed by atoms with E-state index < -0.39 is 24.1 Å². The molecule has 0 amide bonds. The SMILES string of the molecule is O=C(O)C(O)C(O)C(=O)O.[H-].[K+].[Zr]. The Bertz CT molecular complexity index is 149. The number of carboxylic acid groups (broad SMARTS) is 2. The van der Waals surface area contributed by atoms with Crippen LogP contribution in [0.4, 0.5) is 0 Å². The smallest absolute Gasteiger partial charge is 1.00 e. The minimum absolute atomic E-state index is 0. The molecule has 0 aliphatic rings. The maximum atomic E-state index is 9.77. The fourth-order valence-corrected chi connectivity index (χ4v) is 0.270. The average Bonchev–Trinajstić information content (AvgIpc) is 1.84. The first-order valence-corrected chi connectivity index (χ1v) is 2.28. The summed E-state index contributed by atoms with van der Waals surface area (Å²) in [6.45, 7) is 0. The number of rotatable bonds is 3. The number of aliphatic carboxylic acids is 2. The normalized spacial score (nSPS) is 13.2. The Morgan fingerprint density at radius 3 is 1.25 bits per heavy atom. The molecule has 0 aliphatic carbocycles. The zero-order valence-electron chi connectivity index (χ0n) is 7.26. The summed E-state index contributed by atoms with van der Waals surface area (Å²) in [7, 11) is 0. The summed E-state index contributed by atoms with van der Waals surface area (Å²) in [6.07, 6.45) is -4.53. The van der Waals surface area contributed by atoms with E-state index in [1.165, 1.54) is 0 Å². The van der Waals surface area contributed by atoms with Crippen molar-refractivity contribution in [2.75, 3.05) is 0 Å². The van der Waals surface area contributed by atoms with Crippen molar-refractivity contribution in [1.29, 1.82) is 0 Å². The minimum Gasteiger partial charge on any atom is -1.00 e. The molecule has 12 heavy (non-hydrogen) atoms. The van der Waals surface area contributed by atoms with Crippen molar-refractivity contribution in [3.8, 4) is 0 Å². The standard InChI is InChI=1S/C4H6O6.K.Zr.H/c5-1(3(7)8)2(6)4(9)10;;;/h1-2,5-6H,(H,7,8)(H,9,10);;;/q;+1;;-1. The van der Waals surface area contributed by atoms with Gasteiger partial charge in [-0.05, 0) is 0 Å². The van der Waals surface area contributed by atoms with Gasteiger partial charge in [-0.15, -0.1) is 0 Å². The third-order valence-electron chi connectivity index (χ3n) is 0.805. The van der Waals surface area contributed by atoms with Gasteiger partial charge in [0, 0.05) is 26.2 Å². The molecule has 0 rings (SSSR count). The minimum atomic E-state index is -2.27. The second kappa shape index (κ2) is 8.96. The van der Waals surface area contributed by atoms with E-state index in [1.54, 1.807) is 0 Å². The van der Waals surface area contributed by atoms with Gasteiger partial charge in [0.05, 0.1) is 0 Å². The van der Waals surface area contributed by atoms with Crippen molar-refractivity contribution in [3.63, 3.8) is 0 Å². The van der Waals surface area contributed by atoms with Crippen molar-refractivity contribution < 1.29 is 109 Å². The molecule has 6 nitrogen and oxygen atoms in total. The van der Waals surface area contributed by atoms with Crippen molar-refractivity contribution in [3.05, 3.63) is 0 Å². The van der Waals surface area contributed by atoms with Crippen LogP contribution >= 0.6 is 0 Å². The number of carbonyl (C=O) groups is 2. The summed E-state index contributed by atoms with van der Waals surface area (Å²) < 4.78 is 0. The van der Waals surface area contributed by atoms with Gasteiger partial charge in [-0.3, -0.25) is 0 Å². The summed E-state index contributed by atoms with van der Waals surface area (Å²) in [5.41, 5.74) is 0. The molecule has 8 heteroatoms. The van der Waals surface area contributed by atoms with Gasteiger partial charge in [0.15, 0.2) is 12.2 Å². The fourth-order valence-electron chi connectivity index (χ4n) is 0.270. The second-order valence-electron chi connectivity index (χ2n) is 1.57. The molecule has 0 aromatic carbocycles. The molecule has 2 atom stereocenters. The van der Waals surface area contributed by atoms with Crippen LogP contribution in [0, 0.1) is 0 Å². The van der Waals surface area contributed by atoms with Crippen molar-refractivity contribution in [1.82, 2.24) is 0 Å². The van der Waals surface area contributed by atoms with Crippen LogP contribution in [0.3, 0.4) is 0 Å². The summed E-state index contributed by atoms with van der Waals surface area (Å²) >= 11 is 0. The summed E-state index contributed by atoms with van der Waals surface area (Å²) in [6, 6.07) is 0. The Kier molecular flexibility index (Phi) is 14.2. The Labute approximate surface area is 131 Å². The fraction of sp³-hybridized carbons (Fsp3) is 0.500. The molecule has 0 saturated heterocycles. The number of carboxylic acids is 2. The quantitative estimate of drug-likeness (QED) is 0.385. The van der Waals surface area contributed by atoms with Gasteiger partial charge in [0.1, 0.15) is 0 Å². The summed E-state index contributed by atoms with van der Waals surface area (Å²) in [5.74, 6) is -3.54. The predicted molar refractivity (Wildman–Crippen MR) is 28.4 cm³/mol. The maximum absolute atomic E-state index is 9.77. The first-order chi connectivity index (χ1) is 4.46. The van der Waals surface area contributed by atoms with Gasteiger partial charge in [-0.2, -0.15) is 0 Å². The van der Waals surface area contributed by atoms with Crippen molar-refractivity contribution in [2.45, 2.75) is 12.2 Å². The van der Waals surface area contributed by atoms with E-state index in [-0.39, 0.29) is 79.0 Å². The van der Waals surface area contributed by atoms with E-state index in [0.717, 1.165) is 0 Å². The van der Waals surface area contributed by atoms with Crippen LogP contribution in [0.5, 0.6) is 0 Å². The maximum Gasteiger partial charge on any atom is 1.00 e. The summed E-state index contributed by atoms with van der Waals surface area (Å²) in [4.78, 5) is 19.5. The molecule has 0 spiro atoms. The van der Waals surface area contributed by atoms with E-state index in [0.29, 0.717) is 0 Å². The molecule has 0 fully saturated rings. The largest absolute Gasteiger partial charge is 1.00 e. The molecular formula is C4H7KO6Zr.